The summed E-state index contributed by atoms with van der Waals surface area (Å²) in [5.41, 5.74) is -0.119. The monoisotopic (exact) mass is 494 g/mol. The first-order valence-corrected chi connectivity index (χ1v) is 12.0. The molecule has 182 valence electrons. The number of esters is 1. The summed E-state index contributed by atoms with van der Waals surface area (Å²) in [4.78, 5) is 24.6. The van der Waals surface area contributed by atoms with Crippen LogP contribution in [0.25, 0.3) is 0 Å². The molecule has 0 saturated heterocycles. The molecule has 0 amide bonds. The van der Waals surface area contributed by atoms with Crippen LogP contribution in [0.3, 0.4) is 0 Å². The van der Waals surface area contributed by atoms with Crippen LogP contribution in [0.1, 0.15) is 35.6 Å². The fourth-order valence-corrected chi connectivity index (χ4v) is 4.11. The smallest absolute Gasteiger partial charge is 0.315 e. The number of ether oxygens (including phenoxy) is 2. The molecule has 0 saturated carbocycles. The van der Waals surface area contributed by atoms with Gasteiger partial charge in [0.05, 0.1) is 6.61 Å². The van der Waals surface area contributed by atoms with Crippen molar-refractivity contribution in [3.8, 4) is 0 Å². The fraction of sp³-hybridized carbons (Fsp3) is 0.259. The molecule has 7 nitrogen and oxygen atoms in total. The van der Waals surface area contributed by atoms with Crippen LogP contribution in [-0.2, 0) is 36.7 Å². The first-order chi connectivity index (χ1) is 16.9. The zero-order chi connectivity index (χ0) is 25.1. The van der Waals surface area contributed by atoms with Crippen molar-refractivity contribution < 1.29 is 33.8 Å². The van der Waals surface area contributed by atoms with E-state index in [0.717, 1.165) is 11.1 Å². The average Bonchev–Trinajstić information content (AvgIpc) is 2.88. The van der Waals surface area contributed by atoms with E-state index in [2.05, 4.69) is 0 Å². The molecule has 3 atom stereocenters. The number of carbonyl (C=O) groups excluding carboxylic acids is 1. The number of rotatable bonds is 13. The molecule has 8 heteroatoms. The third-order valence-corrected chi connectivity index (χ3v) is 6.21. The number of benzene rings is 3. The van der Waals surface area contributed by atoms with Crippen molar-refractivity contribution in [2.24, 2.45) is 5.92 Å². The molecule has 0 heterocycles. The van der Waals surface area contributed by atoms with Gasteiger partial charge in [-0.15, -0.1) is 0 Å². The maximum Gasteiger partial charge on any atom is 0.315 e. The minimum Gasteiger partial charge on any atom is -0.481 e. The van der Waals surface area contributed by atoms with Crippen molar-refractivity contribution >= 4 is 20.4 Å². The summed E-state index contributed by atoms with van der Waals surface area (Å²) in [6.07, 6.45) is -1.11. The van der Waals surface area contributed by atoms with E-state index >= 15 is 0 Å². The molecule has 0 spiro atoms. The molecule has 0 aliphatic carbocycles. The summed E-state index contributed by atoms with van der Waals surface area (Å²) in [5.74, 6) is -3.56. The van der Waals surface area contributed by atoms with Crippen molar-refractivity contribution in [3.05, 3.63) is 108 Å². The van der Waals surface area contributed by atoms with Gasteiger partial charge in [-0.1, -0.05) is 91.0 Å². The van der Waals surface area contributed by atoms with Crippen LogP contribution in [0, 0.1) is 5.92 Å². The lowest BCUT2D eigenvalue weighted by atomic mass is 9.99. The van der Waals surface area contributed by atoms with Gasteiger partial charge in [-0.3, -0.25) is 14.2 Å². The zero-order valence-corrected chi connectivity index (χ0v) is 19.9. The predicted octanol–water partition coefficient (Wildman–Crippen LogP) is 5.15. The molecule has 0 bridgehead atoms. The zero-order valence-electron chi connectivity index (χ0n) is 19.0. The fourth-order valence-electron chi connectivity index (χ4n) is 3.63. The number of carboxylic acids is 1. The first-order valence-electron chi connectivity index (χ1n) is 11.2. The highest BCUT2D eigenvalue weighted by molar-refractivity contribution is 7.25. The first kappa shape index (κ1) is 26.2. The summed E-state index contributed by atoms with van der Waals surface area (Å²) in [7, 11) is -0.874. The molecule has 0 aliphatic heterocycles. The Balaban J connectivity index is 1.85. The van der Waals surface area contributed by atoms with E-state index in [1.165, 1.54) is 0 Å². The van der Waals surface area contributed by atoms with Crippen molar-refractivity contribution in [2.45, 2.75) is 37.5 Å². The van der Waals surface area contributed by atoms with Gasteiger partial charge in [0.2, 0.25) is 8.46 Å². The second kappa shape index (κ2) is 12.9. The van der Waals surface area contributed by atoms with Crippen molar-refractivity contribution in [3.63, 3.8) is 0 Å². The van der Waals surface area contributed by atoms with E-state index in [4.69, 9.17) is 9.47 Å². The number of aliphatic carboxylic acids is 1. The lowest BCUT2D eigenvalue weighted by Crippen LogP contribution is -2.41. The predicted molar refractivity (Wildman–Crippen MR) is 130 cm³/mol. The minimum absolute atomic E-state index is 0.129. The number of hydrogen-bond donors (Lipinski definition) is 2. The van der Waals surface area contributed by atoms with Gasteiger partial charge >= 0.3 is 11.9 Å². The van der Waals surface area contributed by atoms with Crippen LogP contribution >= 0.6 is 8.46 Å². The molecule has 2 N–H and O–H groups in total. The molecule has 3 unspecified atom stereocenters. The van der Waals surface area contributed by atoms with Crippen LogP contribution in [0.2, 0.25) is 0 Å². The molecule has 3 aromatic carbocycles. The Hall–Kier alpha value is -3.38. The van der Waals surface area contributed by atoms with Crippen LogP contribution in [0.4, 0.5) is 0 Å². The Morgan fingerprint density at radius 2 is 1.40 bits per heavy atom. The molecule has 0 fully saturated rings. The van der Waals surface area contributed by atoms with E-state index in [-0.39, 0.29) is 13.0 Å². The van der Waals surface area contributed by atoms with Crippen LogP contribution in [0.5, 0.6) is 0 Å². The maximum atomic E-state index is 13.3. The highest BCUT2D eigenvalue weighted by Gasteiger charge is 2.46. The molecule has 35 heavy (non-hydrogen) atoms. The van der Waals surface area contributed by atoms with Gasteiger partial charge in [0.15, 0.2) is 0 Å². The Bertz CT molecular complexity index is 1090. The van der Waals surface area contributed by atoms with Gasteiger partial charge in [0.25, 0.3) is 5.53 Å². The summed E-state index contributed by atoms with van der Waals surface area (Å²) < 4.78 is 23.4. The average molecular weight is 494 g/mol. The Morgan fingerprint density at radius 1 is 0.857 bits per heavy atom. The number of carboxylic acid groups (broad SMARTS) is 1. The lowest BCUT2D eigenvalue weighted by molar-refractivity contribution is -0.201. The van der Waals surface area contributed by atoms with E-state index in [9.17, 15) is 24.4 Å². The summed E-state index contributed by atoms with van der Waals surface area (Å²) in [5, 5.41) is 20.2. The Labute approximate surface area is 205 Å². The Morgan fingerprint density at radius 3 is 1.94 bits per heavy atom. The number of aliphatic hydroxyl groups is 1. The van der Waals surface area contributed by atoms with Crippen LogP contribution in [-0.4, -0.2) is 27.7 Å². The maximum absolute atomic E-state index is 13.3. The lowest BCUT2D eigenvalue weighted by Gasteiger charge is -2.30. The quantitative estimate of drug-likeness (QED) is 0.192. The number of hydrogen-bond acceptors (Lipinski definition) is 6. The molecule has 0 aromatic heterocycles. The van der Waals surface area contributed by atoms with Gasteiger partial charge in [0, 0.05) is 12.8 Å². The van der Waals surface area contributed by atoms with Gasteiger partial charge in [0.1, 0.15) is 12.0 Å². The molecule has 3 rings (SSSR count). The molecular formula is C27H27O7P. The minimum atomic E-state index is -2.46. The van der Waals surface area contributed by atoms with Crippen LogP contribution in [0.15, 0.2) is 91.0 Å². The molecular weight excluding hydrogens is 467 g/mol. The number of carbonyl (C=O) groups is 2. The highest BCUT2D eigenvalue weighted by Crippen LogP contribution is 2.37. The highest BCUT2D eigenvalue weighted by atomic mass is 31.1. The van der Waals surface area contributed by atoms with Crippen LogP contribution < -0.4 is 0 Å². The van der Waals surface area contributed by atoms with Gasteiger partial charge in [-0.05, 0) is 23.1 Å². The third-order valence-electron chi connectivity index (χ3n) is 5.50. The second-order valence-corrected chi connectivity index (χ2v) is 8.86. The summed E-state index contributed by atoms with van der Waals surface area (Å²) >= 11 is 0. The largest absolute Gasteiger partial charge is 0.481 e. The van der Waals surface area contributed by atoms with Crippen molar-refractivity contribution in [1.82, 2.24) is 0 Å². The molecule has 0 aliphatic rings. The Kier molecular flexibility index (Phi) is 9.67. The topological polar surface area (TPSA) is 110 Å². The van der Waals surface area contributed by atoms with Gasteiger partial charge in [-0.2, -0.15) is 0 Å². The van der Waals surface area contributed by atoms with Crippen molar-refractivity contribution in [1.29, 1.82) is 0 Å². The standard InChI is InChI=1S/C27H27O7P/c28-25(29)17-16-23(27(31,35-32)33-19-21-12-6-2-7-13-21)26(30)34-24(22-14-8-3-9-15-22)18-20-10-4-1-5-11-20/h1-15,23-24,31H,16-19H2,(H,28,29). The SMILES string of the molecule is O=PC(O)(OCc1ccccc1)C(CCC(=O)O)C(=O)OC(Cc1ccccc1)c1ccccc1. The second-order valence-electron chi connectivity index (χ2n) is 8.04. The van der Waals surface area contributed by atoms with Gasteiger partial charge < -0.3 is 19.7 Å². The van der Waals surface area contributed by atoms with E-state index < -0.39 is 44.4 Å². The summed E-state index contributed by atoms with van der Waals surface area (Å²) in [6, 6.07) is 27.4. The normalized spacial score (nSPS) is 14.5. The van der Waals surface area contributed by atoms with E-state index in [0.29, 0.717) is 12.0 Å². The molecule has 0 radical (unpaired) electrons. The summed E-state index contributed by atoms with van der Waals surface area (Å²) in [6.45, 7) is -0.129. The third kappa shape index (κ3) is 7.82. The van der Waals surface area contributed by atoms with E-state index in [1.807, 2.05) is 66.7 Å². The molecule has 3 aromatic rings. The van der Waals surface area contributed by atoms with Crippen molar-refractivity contribution in [2.75, 3.05) is 0 Å². The van der Waals surface area contributed by atoms with E-state index in [1.54, 1.807) is 24.3 Å². The van der Waals surface area contributed by atoms with Gasteiger partial charge in [-0.25, -0.2) is 0 Å².